The molecule has 0 aromatic heterocycles. The van der Waals surface area contributed by atoms with E-state index in [-0.39, 0.29) is 11.8 Å². The van der Waals surface area contributed by atoms with E-state index >= 15 is 0 Å². The molecule has 0 spiro atoms. The van der Waals surface area contributed by atoms with Crippen LogP contribution >= 0.6 is 0 Å². The number of nitrogens with zero attached hydrogens (tertiary/aromatic N) is 2. The molecule has 1 aliphatic rings. The topological polar surface area (TPSA) is 82.8 Å². The highest BCUT2D eigenvalue weighted by Gasteiger charge is 2.43. The predicted molar refractivity (Wildman–Crippen MR) is 41.1 cm³/mol. The molecule has 1 aliphatic heterocycles. The van der Waals surface area contributed by atoms with E-state index in [2.05, 4.69) is 0 Å². The van der Waals surface area contributed by atoms with Crippen LogP contribution in [0, 0.1) is 28.6 Å². The minimum atomic E-state index is -0.977. The highest BCUT2D eigenvalue weighted by Crippen LogP contribution is 2.36. The van der Waals surface area contributed by atoms with Crippen molar-refractivity contribution in [2.24, 2.45) is 11.7 Å². The second-order valence-corrected chi connectivity index (χ2v) is 2.93. The molecule has 0 fully saturated rings. The van der Waals surface area contributed by atoms with Crippen LogP contribution < -0.4 is 5.73 Å². The van der Waals surface area contributed by atoms with Crippen LogP contribution in [0.15, 0.2) is 11.5 Å². The van der Waals surface area contributed by atoms with E-state index in [0.29, 0.717) is 5.57 Å². The second-order valence-electron chi connectivity index (χ2n) is 2.93. The third kappa shape index (κ3) is 0.895. The zero-order chi connectivity index (χ0) is 9.35. The summed E-state index contributed by atoms with van der Waals surface area (Å²) in [6.45, 7) is 3.37. The van der Waals surface area contributed by atoms with Gasteiger partial charge in [-0.3, -0.25) is 0 Å². The third-order valence-electron chi connectivity index (χ3n) is 2.19. The summed E-state index contributed by atoms with van der Waals surface area (Å²) in [6.07, 6.45) is 0. The van der Waals surface area contributed by atoms with Crippen molar-refractivity contribution in [3.63, 3.8) is 0 Å². The smallest absolute Gasteiger partial charge is 0.200 e. The second kappa shape index (κ2) is 2.42. The zero-order valence-corrected chi connectivity index (χ0v) is 6.96. The van der Waals surface area contributed by atoms with Gasteiger partial charge in [-0.15, -0.1) is 0 Å². The lowest BCUT2D eigenvalue weighted by atomic mass is 9.88. The standard InChI is InChI=1S/C8H9N3O/c1-5-6(3-9)7(11)12-8(5,2)4-10/h5H,11H2,1-2H3. The number of ether oxygens (including phenoxy) is 1. The first-order valence-electron chi connectivity index (χ1n) is 3.55. The molecule has 0 aromatic rings. The molecule has 0 aromatic carbocycles. The Kier molecular flexibility index (Phi) is 1.70. The number of hydrogen-bond donors (Lipinski definition) is 1. The van der Waals surface area contributed by atoms with Gasteiger partial charge in [0.2, 0.25) is 5.60 Å². The highest BCUT2D eigenvalue weighted by atomic mass is 16.5. The largest absolute Gasteiger partial charge is 0.456 e. The Morgan fingerprint density at radius 2 is 2.17 bits per heavy atom. The molecule has 0 amide bonds. The Morgan fingerprint density at radius 1 is 1.58 bits per heavy atom. The average molecular weight is 163 g/mol. The lowest BCUT2D eigenvalue weighted by Crippen LogP contribution is -2.29. The Bertz CT molecular complexity index is 320. The summed E-state index contributed by atoms with van der Waals surface area (Å²) >= 11 is 0. The van der Waals surface area contributed by atoms with Gasteiger partial charge in [-0.2, -0.15) is 10.5 Å². The molecule has 2 unspecified atom stereocenters. The Hall–Kier alpha value is -1.68. The van der Waals surface area contributed by atoms with Gasteiger partial charge in [-0.1, -0.05) is 6.92 Å². The fraction of sp³-hybridized carbons (Fsp3) is 0.500. The normalized spacial score (nSPS) is 33.8. The van der Waals surface area contributed by atoms with Crippen LogP contribution in [-0.2, 0) is 4.74 Å². The molecule has 0 aliphatic carbocycles. The Balaban J connectivity index is 3.06. The maximum Gasteiger partial charge on any atom is 0.200 e. The molecule has 4 heteroatoms. The van der Waals surface area contributed by atoms with Crippen LogP contribution in [0.3, 0.4) is 0 Å². The van der Waals surface area contributed by atoms with Crippen molar-refractivity contribution >= 4 is 0 Å². The molecule has 0 radical (unpaired) electrons. The summed E-state index contributed by atoms with van der Waals surface area (Å²) in [6, 6.07) is 3.92. The number of nitrogens with two attached hydrogens (primary N) is 1. The van der Waals surface area contributed by atoms with E-state index in [1.807, 2.05) is 12.1 Å². The minimum absolute atomic E-state index is 0.0778. The zero-order valence-electron chi connectivity index (χ0n) is 6.96. The van der Waals surface area contributed by atoms with Gasteiger partial charge in [0.05, 0.1) is 5.57 Å². The molecule has 4 nitrogen and oxygen atoms in total. The van der Waals surface area contributed by atoms with Gasteiger partial charge in [-0.25, -0.2) is 0 Å². The van der Waals surface area contributed by atoms with Gasteiger partial charge in [0.1, 0.15) is 12.1 Å². The van der Waals surface area contributed by atoms with Crippen LogP contribution in [0.25, 0.3) is 0 Å². The first-order chi connectivity index (χ1) is 5.55. The number of nitriles is 2. The maximum atomic E-state index is 8.76. The van der Waals surface area contributed by atoms with Gasteiger partial charge in [0.25, 0.3) is 0 Å². The van der Waals surface area contributed by atoms with Crippen LogP contribution in [0.5, 0.6) is 0 Å². The Labute approximate surface area is 70.8 Å². The van der Waals surface area contributed by atoms with E-state index in [1.165, 1.54) is 0 Å². The van der Waals surface area contributed by atoms with Crippen molar-refractivity contribution in [2.75, 3.05) is 0 Å². The summed E-state index contributed by atoms with van der Waals surface area (Å²) in [5.74, 6) is -0.179. The van der Waals surface area contributed by atoms with Crippen molar-refractivity contribution in [2.45, 2.75) is 19.4 Å². The van der Waals surface area contributed by atoms with Crippen LogP contribution in [0.4, 0.5) is 0 Å². The van der Waals surface area contributed by atoms with E-state index in [4.69, 9.17) is 21.0 Å². The molecule has 2 atom stereocenters. The summed E-state index contributed by atoms with van der Waals surface area (Å²) < 4.78 is 5.09. The first kappa shape index (κ1) is 8.42. The molecule has 0 bridgehead atoms. The number of rotatable bonds is 0. The Morgan fingerprint density at radius 3 is 2.42 bits per heavy atom. The van der Waals surface area contributed by atoms with E-state index < -0.39 is 5.60 Å². The van der Waals surface area contributed by atoms with E-state index in [9.17, 15) is 0 Å². The van der Waals surface area contributed by atoms with Crippen LogP contribution in [-0.4, -0.2) is 5.60 Å². The summed E-state index contributed by atoms with van der Waals surface area (Å²) in [5, 5.41) is 17.4. The van der Waals surface area contributed by atoms with Gasteiger partial charge in [-0.05, 0) is 6.92 Å². The van der Waals surface area contributed by atoms with Crippen molar-refractivity contribution in [1.82, 2.24) is 0 Å². The molecular formula is C8H9N3O. The van der Waals surface area contributed by atoms with Crippen LogP contribution in [0.1, 0.15) is 13.8 Å². The molecule has 0 saturated carbocycles. The van der Waals surface area contributed by atoms with Crippen molar-refractivity contribution < 1.29 is 4.74 Å². The van der Waals surface area contributed by atoms with Crippen molar-refractivity contribution in [3.8, 4) is 12.1 Å². The van der Waals surface area contributed by atoms with Gasteiger partial charge in [0.15, 0.2) is 5.88 Å². The summed E-state index contributed by atoms with van der Waals surface area (Å²) in [7, 11) is 0. The van der Waals surface area contributed by atoms with E-state index in [1.54, 1.807) is 13.8 Å². The summed E-state index contributed by atoms with van der Waals surface area (Å²) in [5.41, 5.74) is 4.80. The van der Waals surface area contributed by atoms with Gasteiger partial charge >= 0.3 is 0 Å². The molecule has 2 N–H and O–H groups in total. The quantitative estimate of drug-likeness (QED) is 0.567. The first-order valence-corrected chi connectivity index (χ1v) is 3.55. The monoisotopic (exact) mass is 163 g/mol. The fourth-order valence-corrected chi connectivity index (χ4v) is 1.13. The van der Waals surface area contributed by atoms with E-state index in [0.717, 1.165) is 0 Å². The minimum Gasteiger partial charge on any atom is -0.456 e. The summed E-state index contributed by atoms with van der Waals surface area (Å²) in [4.78, 5) is 0. The lowest BCUT2D eigenvalue weighted by Gasteiger charge is -2.19. The maximum absolute atomic E-state index is 8.76. The van der Waals surface area contributed by atoms with Crippen molar-refractivity contribution in [1.29, 1.82) is 10.5 Å². The third-order valence-corrected chi connectivity index (χ3v) is 2.19. The molecule has 0 saturated heterocycles. The van der Waals surface area contributed by atoms with Gasteiger partial charge < -0.3 is 10.5 Å². The van der Waals surface area contributed by atoms with Gasteiger partial charge in [0, 0.05) is 5.92 Å². The predicted octanol–water partition coefficient (Wildman–Crippen LogP) is 0.629. The number of hydrogen-bond acceptors (Lipinski definition) is 4. The molecular weight excluding hydrogens is 154 g/mol. The van der Waals surface area contributed by atoms with Crippen molar-refractivity contribution in [3.05, 3.63) is 11.5 Å². The molecule has 12 heavy (non-hydrogen) atoms. The molecule has 62 valence electrons. The molecule has 1 rings (SSSR count). The van der Waals surface area contributed by atoms with Crippen LogP contribution in [0.2, 0.25) is 0 Å². The SMILES string of the molecule is CC1C(C#N)=C(N)OC1(C)C#N. The molecule has 1 heterocycles. The lowest BCUT2D eigenvalue weighted by molar-refractivity contribution is 0.0660. The fourth-order valence-electron chi connectivity index (χ4n) is 1.13. The average Bonchev–Trinajstić information content (AvgIpc) is 2.25. The highest BCUT2D eigenvalue weighted by molar-refractivity contribution is 5.35.